The molecule has 2 rings (SSSR count). The quantitative estimate of drug-likeness (QED) is 0.265. The maximum atomic E-state index is 5.65. The van der Waals surface area contributed by atoms with Crippen molar-refractivity contribution in [2.75, 3.05) is 26.2 Å². The molecule has 5 nitrogen and oxygen atoms in total. The summed E-state index contributed by atoms with van der Waals surface area (Å²) in [7, 11) is 0. The monoisotopic (exact) mass is 454 g/mol. The first-order valence-corrected chi connectivity index (χ1v) is 8.42. The van der Waals surface area contributed by atoms with E-state index in [9.17, 15) is 0 Å². The number of guanidine groups is 1. The number of benzene rings is 1. The minimum Gasteiger partial charge on any atom is -0.375 e. The molecule has 0 radical (unpaired) electrons. The van der Waals surface area contributed by atoms with Gasteiger partial charge in [0.25, 0.3) is 0 Å². The summed E-state index contributed by atoms with van der Waals surface area (Å²) in [5, 5.41) is 6.56. The van der Waals surface area contributed by atoms with Gasteiger partial charge in [-0.3, -0.25) is 9.98 Å². The maximum absolute atomic E-state index is 5.65. The highest BCUT2D eigenvalue weighted by Gasteiger charge is 1.98. The number of aliphatic imine (C=N–C) groups is 1. The van der Waals surface area contributed by atoms with Crippen LogP contribution in [0.1, 0.15) is 18.2 Å². The first-order chi connectivity index (χ1) is 11.9. The molecule has 1 aromatic carbocycles. The summed E-state index contributed by atoms with van der Waals surface area (Å²) in [6, 6.07) is 16.1. The Hall–Kier alpha value is -1.67. The van der Waals surface area contributed by atoms with Gasteiger partial charge in [-0.25, -0.2) is 0 Å². The number of rotatable bonds is 9. The molecule has 2 N–H and O–H groups in total. The molecule has 0 fully saturated rings. The van der Waals surface area contributed by atoms with Gasteiger partial charge in [0, 0.05) is 31.4 Å². The number of ether oxygens (including phenoxy) is 1. The van der Waals surface area contributed by atoms with Crippen LogP contribution in [-0.4, -0.2) is 37.2 Å². The highest BCUT2D eigenvalue weighted by molar-refractivity contribution is 14.0. The topological polar surface area (TPSA) is 58.5 Å². The predicted octanol–water partition coefficient (Wildman–Crippen LogP) is 3.01. The fraction of sp³-hybridized carbons (Fsp3) is 0.368. The molecule has 2 aromatic rings. The van der Waals surface area contributed by atoms with E-state index in [1.54, 1.807) is 0 Å². The molecule has 6 heteroatoms. The first-order valence-electron chi connectivity index (χ1n) is 8.42. The lowest BCUT2D eigenvalue weighted by molar-refractivity contribution is 0.128. The summed E-state index contributed by atoms with van der Waals surface area (Å²) in [4.78, 5) is 8.84. The van der Waals surface area contributed by atoms with Crippen molar-refractivity contribution >= 4 is 29.9 Å². The van der Waals surface area contributed by atoms with Crippen molar-refractivity contribution in [2.24, 2.45) is 4.99 Å². The predicted molar refractivity (Wildman–Crippen MR) is 113 cm³/mol. The van der Waals surface area contributed by atoms with Gasteiger partial charge in [0.15, 0.2) is 5.96 Å². The van der Waals surface area contributed by atoms with Crippen LogP contribution in [0.2, 0.25) is 0 Å². The third-order valence-corrected chi connectivity index (χ3v) is 3.36. The van der Waals surface area contributed by atoms with Crippen LogP contribution in [0, 0.1) is 0 Å². The molecule has 1 aromatic heterocycles. The molecule has 0 aliphatic carbocycles. The zero-order valence-corrected chi connectivity index (χ0v) is 17.0. The zero-order valence-electron chi connectivity index (χ0n) is 14.6. The lowest BCUT2D eigenvalue weighted by Crippen LogP contribution is -2.38. The van der Waals surface area contributed by atoms with Crippen LogP contribution in [0.4, 0.5) is 0 Å². The van der Waals surface area contributed by atoms with Crippen molar-refractivity contribution in [3.63, 3.8) is 0 Å². The minimum atomic E-state index is 0. The van der Waals surface area contributed by atoms with Crippen molar-refractivity contribution in [3.05, 3.63) is 66.0 Å². The van der Waals surface area contributed by atoms with Crippen molar-refractivity contribution in [1.82, 2.24) is 15.6 Å². The van der Waals surface area contributed by atoms with Gasteiger partial charge in [-0.1, -0.05) is 36.4 Å². The van der Waals surface area contributed by atoms with Crippen molar-refractivity contribution in [3.8, 4) is 0 Å². The number of hydrogen-bond donors (Lipinski definition) is 2. The lowest BCUT2D eigenvalue weighted by Gasteiger charge is -2.11. The van der Waals surface area contributed by atoms with E-state index in [-0.39, 0.29) is 24.0 Å². The fourth-order valence-electron chi connectivity index (χ4n) is 2.18. The van der Waals surface area contributed by atoms with Gasteiger partial charge in [-0.05, 0) is 24.6 Å². The summed E-state index contributed by atoms with van der Waals surface area (Å²) in [6.45, 7) is 5.55. The minimum absolute atomic E-state index is 0. The summed E-state index contributed by atoms with van der Waals surface area (Å²) in [5.74, 6) is 0.816. The summed E-state index contributed by atoms with van der Waals surface area (Å²) < 4.78 is 5.65. The van der Waals surface area contributed by atoms with Crippen LogP contribution in [0.15, 0.2) is 59.7 Å². The van der Waals surface area contributed by atoms with Gasteiger partial charge >= 0.3 is 0 Å². The standard InChI is InChI=1S/C19H26N4O.HI/c1-2-20-19(22-13-11-18-10-6-7-12-21-18)23-14-15-24-16-17-8-4-3-5-9-17;/h3-10,12H,2,11,13-16H2,1H3,(H2,20,22,23);1H. The maximum Gasteiger partial charge on any atom is 0.191 e. The third-order valence-electron chi connectivity index (χ3n) is 3.36. The summed E-state index contributed by atoms with van der Waals surface area (Å²) >= 11 is 0. The first kappa shape index (κ1) is 21.4. The van der Waals surface area contributed by atoms with Gasteiger partial charge < -0.3 is 15.4 Å². The number of nitrogens with zero attached hydrogens (tertiary/aromatic N) is 2. The molecule has 0 amide bonds. The third kappa shape index (κ3) is 9.40. The van der Waals surface area contributed by atoms with Crippen LogP contribution < -0.4 is 10.6 Å². The summed E-state index contributed by atoms with van der Waals surface area (Å²) in [6.07, 6.45) is 2.69. The second kappa shape index (κ2) is 13.6. The Morgan fingerprint density at radius 1 is 1.08 bits per heavy atom. The van der Waals surface area contributed by atoms with Gasteiger partial charge in [-0.2, -0.15) is 0 Å². The smallest absolute Gasteiger partial charge is 0.191 e. The zero-order chi connectivity index (χ0) is 16.9. The van der Waals surface area contributed by atoms with Gasteiger partial charge in [0.2, 0.25) is 0 Å². The molecular formula is C19H27IN4O. The number of pyridine rings is 1. The second-order valence-corrected chi connectivity index (χ2v) is 5.30. The van der Waals surface area contributed by atoms with Crippen LogP contribution in [0.25, 0.3) is 0 Å². The molecule has 0 saturated carbocycles. The highest BCUT2D eigenvalue weighted by Crippen LogP contribution is 2.00. The average molecular weight is 454 g/mol. The molecule has 0 saturated heterocycles. The Morgan fingerprint density at radius 2 is 1.88 bits per heavy atom. The van der Waals surface area contributed by atoms with Crippen molar-refractivity contribution in [2.45, 2.75) is 20.0 Å². The van der Waals surface area contributed by atoms with E-state index in [0.29, 0.717) is 19.8 Å². The number of nitrogens with one attached hydrogen (secondary N) is 2. The van der Waals surface area contributed by atoms with E-state index >= 15 is 0 Å². The van der Waals surface area contributed by atoms with Crippen LogP contribution in [0.5, 0.6) is 0 Å². The van der Waals surface area contributed by atoms with E-state index in [2.05, 4.69) is 39.7 Å². The molecule has 1 heterocycles. The second-order valence-electron chi connectivity index (χ2n) is 5.30. The molecule has 25 heavy (non-hydrogen) atoms. The van der Waals surface area contributed by atoms with E-state index in [4.69, 9.17) is 4.74 Å². The van der Waals surface area contributed by atoms with Crippen LogP contribution >= 0.6 is 24.0 Å². The Morgan fingerprint density at radius 3 is 2.60 bits per heavy atom. The Balaban J connectivity index is 0.00000312. The van der Waals surface area contributed by atoms with E-state index in [1.807, 2.05) is 42.6 Å². The average Bonchev–Trinajstić information content (AvgIpc) is 2.63. The molecule has 0 spiro atoms. The molecule has 0 bridgehead atoms. The van der Waals surface area contributed by atoms with Crippen LogP contribution in [-0.2, 0) is 17.8 Å². The Labute approximate surface area is 167 Å². The molecule has 0 aliphatic heterocycles. The van der Waals surface area contributed by atoms with Gasteiger partial charge in [0.05, 0.1) is 19.8 Å². The lowest BCUT2D eigenvalue weighted by atomic mass is 10.2. The molecule has 0 unspecified atom stereocenters. The number of hydrogen-bond acceptors (Lipinski definition) is 3. The van der Waals surface area contributed by atoms with E-state index < -0.39 is 0 Å². The molecular weight excluding hydrogens is 427 g/mol. The number of halogens is 1. The van der Waals surface area contributed by atoms with Crippen molar-refractivity contribution in [1.29, 1.82) is 0 Å². The van der Waals surface area contributed by atoms with E-state index in [0.717, 1.165) is 31.2 Å². The SMILES string of the molecule is CCNC(=NCCOCc1ccccc1)NCCc1ccccn1.I. The Bertz CT molecular complexity index is 593. The largest absolute Gasteiger partial charge is 0.375 e. The normalized spacial score (nSPS) is 10.8. The van der Waals surface area contributed by atoms with Gasteiger partial charge in [-0.15, -0.1) is 24.0 Å². The van der Waals surface area contributed by atoms with Crippen molar-refractivity contribution < 1.29 is 4.74 Å². The Kier molecular flexibility index (Phi) is 11.6. The van der Waals surface area contributed by atoms with Gasteiger partial charge in [0.1, 0.15) is 0 Å². The van der Waals surface area contributed by atoms with E-state index in [1.165, 1.54) is 5.56 Å². The highest BCUT2D eigenvalue weighted by atomic mass is 127. The molecule has 0 aliphatic rings. The molecule has 0 atom stereocenters. The summed E-state index contributed by atoms with van der Waals surface area (Å²) in [5.41, 5.74) is 2.26. The van der Waals surface area contributed by atoms with Crippen LogP contribution in [0.3, 0.4) is 0 Å². The fourth-order valence-corrected chi connectivity index (χ4v) is 2.18. The number of aromatic nitrogens is 1. The molecule has 136 valence electrons.